The zero-order chi connectivity index (χ0) is 17.2. The van der Waals surface area contributed by atoms with Gasteiger partial charge in [-0.05, 0) is 37.7 Å². The molecule has 0 saturated heterocycles. The summed E-state index contributed by atoms with van der Waals surface area (Å²) >= 11 is 0. The molecule has 1 aromatic carbocycles. The topological polar surface area (TPSA) is 136 Å². The fourth-order valence-electron chi connectivity index (χ4n) is 2.84. The van der Waals surface area contributed by atoms with Gasteiger partial charge in [-0.1, -0.05) is 13.0 Å². The first kappa shape index (κ1) is 16.7. The average molecular weight is 321 g/mol. The molecule has 1 saturated carbocycles. The van der Waals surface area contributed by atoms with Crippen LogP contribution in [0.2, 0.25) is 0 Å². The van der Waals surface area contributed by atoms with Gasteiger partial charge in [0.15, 0.2) is 0 Å². The second-order valence-electron chi connectivity index (χ2n) is 6.02. The SMILES string of the molecule is CC1CCC(NC(=O)c2cccc([N+](=O)[O-])c2N)(C(=O)O)CC1. The van der Waals surface area contributed by atoms with E-state index >= 15 is 0 Å². The lowest BCUT2D eigenvalue weighted by Crippen LogP contribution is -2.56. The summed E-state index contributed by atoms with van der Waals surface area (Å²) in [6, 6.07) is 3.89. The Morgan fingerprint density at radius 2 is 2.00 bits per heavy atom. The van der Waals surface area contributed by atoms with Crippen LogP contribution in [0.4, 0.5) is 11.4 Å². The number of carboxylic acid groups (broad SMARTS) is 1. The molecule has 4 N–H and O–H groups in total. The number of amides is 1. The minimum atomic E-state index is -1.35. The van der Waals surface area contributed by atoms with Gasteiger partial charge in [0.25, 0.3) is 11.6 Å². The van der Waals surface area contributed by atoms with Crippen molar-refractivity contribution in [3.05, 3.63) is 33.9 Å². The number of nitrogen functional groups attached to an aromatic ring is 1. The lowest BCUT2D eigenvalue weighted by molar-refractivity contribution is -0.383. The number of aliphatic carboxylic acids is 1. The van der Waals surface area contributed by atoms with E-state index in [9.17, 15) is 24.8 Å². The van der Waals surface area contributed by atoms with Crippen LogP contribution in [0.25, 0.3) is 0 Å². The van der Waals surface area contributed by atoms with E-state index in [1.54, 1.807) is 0 Å². The van der Waals surface area contributed by atoms with Crippen LogP contribution in [-0.2, 0) is 4.79 Å². The van der Waals surface area contributed by atoms with Crippen LogP contribution >= 0.6 is 0 Å². The van der Waals surface area contributed by atoms with Gasteiger partial charge >= 0.3 is 5.97 Å². The van der Waals surface area contributed by atoms with Crippen LogP contribution in [0.5, 0.6) is 0 Å². The minimum Gasteiger partial charge on any atom is -0.480 e. The molecule has 0 unspecified atom stereocenters. The van der Waals surface area contributed by atoms with Crippen molar-refractivity contribution in [3.8, 4) is 0 Å². The molecule has 1 aliphatic carbocycles. The van der Waals surface area contributed by atoms with Crippen molar-refractivity contribution in [2.45, 2.75) is 38.1 Å². The zero-order valence-electron chi connectivity index (χ0n) is 12.7. The number of hydrogen-bond donors (Lipinski definition) is 3. The molecule has 23 heavy (non-hydrogen) atoms. The van der Waals surface area contributed by atoms with Crippen molar-refractivity contribution in [2.24, 2.45) is 5.92 Å². The predicted molar refractivity (Wildman–Crippen MR) is 83.0 cm³/mol. The number of nitro groups is 1. The molecule has 0 atom stereocenters. The highest BCUT2D eigenvalue weighted by molar-refractivity contribution is 6.03. The van der Waals surface area contributed by atoms with Crippen LogP contribution in [-0.4, -0.2) is 27.4 Å². The number of hydrogen-bond acceptors (Lipinski definition) is 5. The van der Waals surface area contributed by atoms with E-state index < -0.39 is 22.3 Å². The summed E-state index contributed by atoms with van der Waals surface area (Å²) in [5.41, 5.74) is 3.61. The molecule has 1 amide bonds. The fraction of sp³-hybridized carbons (Fsp3) is 0.467. The third kappa shape index (κ3) is 3.25. The predicted octanol–water partition coefficient (Wildman–Crippen LogP) is 1.94. The molecule has 8 heteroatoms. The van der Waals surface area contributed by atoms with Crippen molar-refractivity contribution in [1.29, 1.82) is 0 Å². The first-order valence-corrected chi connectivity index (χ1v) is 7.35. The first-order valence-electron chi connectivity index (χ1n) is 7.35. The largest absolute Gasteiger partial charge is 0.480 e. The highest BCUT2D eigenvalue weighted by Crippen LogP contribution is 2.33. The molecule has 1 aromatic rings. The van der Waals surface area contributed by atoms with Gasteiger partial charge < -0.3 is 16.2 Å². The lowest BCUT2D eigenvalue weighted by Gasteiger charge is -2.36. The van der Waals surface area contributed by atoms with Crippen LogP contribution in [0.15, 0.2) is 18.2 Å². The molecule has 124 valence electrons. The molecule has 8 nitrogen and oxygen atoms in total. The van der Waals surface area contributed by atoms with E-state index in [4.69, 9.17) is 5.73 Å². The number of carbonyl (C=O) groups excluding carboxylic acids is 1. The van der Waals surface area contributed by atoms with E-state index in [0.29, 0.717) is 31.6 Å². The maximum atomic E-state index is 12.4. The van der Waals surface area contributed by atoms with E-state index in [1.165, 1.54) is 18.2 Å². The molecule has 1 fully saturated rings. The molecule has 0 heterocycles. The number of carbonyl (C=O) groups is 2. The third-order valence-electron chi connectivity index (χ3n) is 4.41. The Bertz CT molecular complexity index is 651. The fourth-order valence-corrected chi connectivity index (χ4v) is 2.84. The van der Waals surface area contributed by atoms with Gasteiger partial charge in [0, 0.05) is 6.07 Å². The number of carboxylic acids is 1. The van der Waals surface area contributed by atoms with E-state index in [2.05, 4.69) is 5.32 Å². The maximum Gasteiger partial charge on any atom is 0.329 e. The summed E-state index contributed by atoms with van der Waals surface area (Å²) in [4.78, 5) is 34.3. The highest BCUT2D eigenvalue weighted by Gasteiger charge is 2.43. The molecule has 0 bridgehead atoms. The second-order valence-corrected chi connectivity index (χ2v) is 6.02. The highest BCUT2D eigenvalue weighted by atomic mass is 16.6. The normalized spacial score (nSPS) is 24.0. The Kier molecular flexibility index (Phi) is 4.53. The second kappa shape index (κ2) is 6.23. The minimum absolute atomic E-state index is 0.0848. The van der Waals surface area contributed by atoms with E-state index in [0.717, 1.165) is 0 Å². The molecular weight excluding hydrogens is 302 g/mol. The molecule has 1 aliphatic rings. The number of para-hydroxylation sites is 1. The summed E-state index contributed by atoms with van der Waals surface area (Å²) < 4.78 is 0. The van der Waals surface area contributed by atoms with E-state index in [1.807, 2.05) is 6.92 Å². The van der Waals surface area contributed by atoms with Crippen molar-refractivity contribution < 1.29 is 19.6 Å². The summed E-state index contributed by atoms with van der Waals surface area (Å²) in [6.07, 6.45) is 2.03. The number of benzene rings is 1. The number of nitrogens with two attached hydrogens (primary N) is 1. The van der Waals surface area contributed by atoms with Crippen molar-refractivity contribution in [1.82, 2.24) is 5.32 Å². The van der Waals surface area contributed by atoms with Crippen molar-refractivity contribution >= 4 is 23.3 Å². The van der Waals surface area contributed by atoms with Crippen LogP contribution in [0.1, 0.15) is 43.0 Å². The molecule has 0 aromatic heterocycles. The van der Waals surface area contributed by atoms with Gasteiger partial charge in [-0.15, -0.1) is 0 Å². The molecule has 0 radical (unpaired) electrons. The summed E-state index contributed by atoms with van der Waals surface area (Å²) in [7, 11) is 0. The standard InChI is InChI=1S/C15H19N3O5/c1-9-5-7-15(8-6-9,14(20)21)17-13(19)10-3-2-4-11(12(10)16)18(22)23/h2-4,9H,5-8,16H2,1H3,(H,17,19)(H,20,21). The quantitative estimate of drug-likeness (QED) is 0.440. The molecular formula is C15H19N3O5. The van der Waals surface area contributed by atoms with E-state index in [-0.39, 0.29) is 16.9 Å². The van der Waals surface area contributed by atoms with Crippen LogP contribution in [0, 0.1) is 16.0 Å². The lowest BCUT2D eigenvalue weighted by atomic mass is 9.77. The summed E-state index contributed by atoms with van der Waals surface area (Å²) in [5.74, 6) is -1.40. The monoisotopic (exact) mass is 321 g/mol. The van der Waals surface area contributed by atoms with Crippen LogP contribution in [0.3, 0.4) is 0 Å². The van der Waals surface area contributed by atoms with Crippen LogP contribution < -0.4 is 11.1 Å². The zero-order valence-corrected chi connectivity index (χ0v) is 12.7. The Labute approximate surface area is 132 Å². The Balaban J connectivity index is 2.29. The summed E-state index contributed by atoms with van der Waals surface area (Å²) in [6.45, 7) is 2.03. The number of anilines is 1. The van der Waals surface area contributed by atoms with Crippen molar-refractivity contribution in [3.63, 3.8) is 0 Å². The number of nitro benzene ring substituents is 1. The molecule has 0 spiro atoms. The maximum absolute atomic E-state index is 12.4. The summed E-state index contributed by atoms with van der Waals surface area (Å²) in [5, 5.41) is 23.0. The van der Waals surface area contributed by atoms with Gasteiger partial charge in [0.2, 0.25) is 0 Å². The first-order chi connectivity index (χ1) is 10.8. The van der Waals surface area contributed by atoms with Gasteiger partial charge in [0.1, 0.15) is 11.2 Å². The number of rotatable bonds is 4. The molecule has 0 aliphatic heterocycles. The number of nitrogens with one attached hydrogen (secondary N) is 1. The van der Waals surface area contributed by atoms with Gasteiger partial charge in [-0.25, -0.2) is 4.79 Å². The number of nitrogens with zero attached hydrogens (tertiary/aromatic N) is 1. The van der Waals surface area contributed by atoms with Gasteiger partial charge in [-0.2, -0.15) is 0 Å². The average Bonchev–Trinajstić information content (AvgIpc) is 2.49. The van der Waals surface area contributed by atoms with Gasteiger partial charge in [-0.3, -0.25) is 14.9 Å². The Morgan fingerprint density at radius 1 is 1.39 bits per heavy atom. The van der Waals surface area contributed by atoms with Crippen molar-refractivity contribution in [2.75, 3.05) is 5.73 Å². The smallest absolute Gasteiger partial charge is 0.329 e. The van der Waals surface area contributed by atoms with Gasteiger partial charge in [0.05, 0.1) is 10.5 Å². The Hall–Kier alpha value is -2.64. The Morgan fingerprint density at radius 3 is 2.52 bits per heavy atom. The molecule has 2 rings (SSSR count). The third-order valence-corrected chi connectivity index (χ3v) is 4.41.